The molecule has 7 heteroatoms. The highest BCUT2D eigenvalue weighted by molar-refractivity contribution is 7.89. The highest BCUT2D eigenvalue weighted by Gasteiger charge is 2.20. The third-order valence-electron chi connectivity index (χ3n) is 4.46. The van der Waals surface area contributed by atoms with E-state index in [0.717, 1.165) is 18.5 Å². The summed E-state index contributed by atoms with van der Waals surface area (Å²) in [6.45, 7) is 0.857. The van der Waals surface area contributed by atoms with Crippen LogP contribution in [0.5, 0.6) is 5.75 Å². The third-order valence-corrected chi connectivity index (χ3v) is 5.94. The monoisotopic (exact) mass is 374 g/mol. The van der Waals surface area contributed by atoms with Crippen LogP contribution in [0.15, 0.2) is 53.4 Å². The number of hydrogen-bond donors (Lipinski definition) is 2. The van der Waals surface area contributed by atoms with Crippen molar-refractivity contribution in [2.45, 2.75) is 30.6 Å². The molecule has 2 aromatic rings. The van der Waals surface area contributed by atoms with Gasteiger partial charge in [-0.2, -0.15) is 0 Å². The van der Waals surface area contributed by atoms with Gasteiger partial charge >= 0.3 is 0 Å². The van der Waals surface area contributed by atoms with Crippen molar-refractivity contribution >= 4 is 21.6 Å². The van der Waals surface area contributed by atoms with E-state index in [4.69, 9.17) is 0 Å². The van der Waals surface area contributed by atoms with Gasteiger partial charge in [-0.1, -0.05) is 18.2 Å². The van der Waals surface area contributed by atoms with E-state index in [1.807, 2.05) is 0 Å². The molecule has 3 rings (SSSR count). The number of piperidine rings is 1. The van der Waals surface area contributed by atoms with Gasteiger partial charge in [0.15, 0.2) is 0 Å². The number of anilines is 1. The fourth-order valence-electron chi connectivity index (χ4n) is 3.01. The Morgan fingerprint density at radius 2 is 1.77 bits per heavy atom. The second-order valence-corrected chi connectivity index (χ2v) is 8.04. The average Bonchev–Trinajstić information content (AvgIpc) is 2.64. The molecular weight excluding hydrogens is 352 g/mol. The molecule has 1 amide bonds. The quantitative estimate of drug-likeness (QED) is 0.813. The number of nitrogens with zero attached hydrogens (tertiary/aromatic N) is 1. The van der Waals surface area contributed by atoms with E-state index in [9.17, 15) is 18.3 Å². The number of phenolic OH excluding ortho intramolecular Hbond substituents is 1. The van der Waals surface area contributed by atoms with Crippen molar-refractivity contribution in [1.82, 2.24) is 4.72 Å². The molecule has 1 aliphatic rings. The lowest BCUT2D eigenvalue weighted by molar-refractivity contribution is -0.119. The van der Waals surface area contributed by atoms with Crippen LogP contribution in [0.4, 0.5) is 5.69 Å². The topological polar surface area (TPSA) is 86.7 Å². The lowest BCUT2D eigenvalue weighted by Gasteiger charge is -2.26. The number of hydrogen-bond acceptors (Lipinski definition) is 4. The summed E-state index contributed by atoms with van der Waals surface area (Å²) in [5.41, 5.74) is 1.41. The molecule has 0 radical (unpaired) electrons. The molecule has 0 bridgehead atoms. The fourth-order valence-corrected chi connectivity index (χ4v) is 4.04. The van der Waals surface area contributed by atoms with Crippen molar-refractivity contribution < 1.29 is 18.3 Å². The number of benzene rings is 2. The van der Waals surface area contributed by atoms with E-state index in [1.54, 1.807) is 41.3 Å². The van der Waals surface area contributed by atoms with Gasteiger partial charge in [0.25, 0.3) is 0 Å². The molecule has 0 aliphatic carbocycles. The lowest BCUT2D eigenvalue weighted by atomic mass is 10.1. The Morgan fingerprint density at radius 1 is 1.04 bits per heavy atom. The van der Waals surface area contributed by atoms with Gasteiger partial charge in [0.05, 0.1) is 4.90 Å². The van der Waals surface area contributed by atoms with Gasteiger partial charge in [-0.05, 0) is 55.2 Å². The van der Waals surface area contributed by atoms with Crippen molar-refractivity contribution in [3.8, 4) is 5.75 Å². The molecule has 26 heavy (non-hydrogen) atoms. The number of sulfonamides is 1. The van der Waals surface area contributed by atoms with Crippen LogP contribution in [0, 0.1) is 0 Å². The molecule has 138 valence electrons. The predicted octanol–water partition coefficient (Wildman–Crippen LogP) is 2.43. The molecule has 2 N–H and O–H groups in total. The molecule has 6 nitrogen and oxygen atoms in total. The first-order chi connectivity index (χ1) is 12.5. The second kappa shape index (κ2) is 7.88. The minimum atomic E-state index is -3.64. The van der Waals surface area contributed by atoms with Gasteiger partial charge in [-0.3, -0.25) is 4.79 Å². The van der Waals surface area contributed by atoms with Crippen LogP contribution in [0.25, 0.3) is 0 Å². The maximum atomic E-state index is 12.4. The van der Waals surface area contributed by atoms with Gasteiger partial charge in [0, 0.05) is 25.2 Å². The number of aromatic hydroxyl groups is 1. The zero-order valence-electron chi connectivity index (χ0n) is 14.4. The van der Waals surface area contributed by atoms with E-state index in [-0.39, 0.29) is 23.1 Å². The van der Waals surface area contributed by atoms with Gasteiger partial charge in [0.1, 0.15) is 5.75 Å². The number of para-hydroxylation sites is 1. The molecule has 2 aromatic carbocycles. The lowest BCUT2D eigenvalue weighted by Crippen LogP contribution is -2.35. The number of rotatable bonds is 6. The first-order valence-corrected chi connectivity index (χ1v) is 10.1. The van der Waals surface area contributed by atoms with Gasteiger partial charge in [0.2, 0.25) is 15.9 Å². The van der Waals surface area contributed by atoms with Crippen LogP contribution in [-0.4, -0.2) is 32.5 Å². The minimum absolute atomic E-state index is 0.0765. The second-order valence-electron chi connectivity index (χ2n) is 6.27. The summed E-state index contributed by atoms with van der Waals surface area (Å²) in [6, 6.07) is 13.2. The van der Waals surface area contributed by atoms with Crippen LogP contribution in [0.2, 0.25) is 0 Å². The summed E-state index contributed by atoms with van der Waals surface area (Å²) in [6.07, 6.45) is 2.79. The van der Waals surface area contributed by atoms with Crippen LogP contribution >= 0.6 is 0 Å². The Bertz CT molecular complexity index is 879. The molecule has 1 fully saturated rings. The smallest absolute Gasteiger partial charge is 0.240 e. The summed E-state index contributed by atoms with van der Waals surface area (Å²) in [4.78, 5) is 13.8. The summed E-state index contributed by atoms with van der Waals surface area (Å²) in [7, 11) is -3.64. The normalized spacial score (nSPS) is 15.2. The number of phenols is 1. The van der Waals surface area contributed by atoms with Gasteiger partial charge < -0.3 is 10.0 Å². The molecular formula is C19H22N2O4S. The highest BCUT2D eigenvalue weighted by atomic mass is 32.2. The molecule has 0 unspecified atom stereocenters. The minimum Gasteiger partial charge on any atom is -0.508 e. The molecule has 0 saturated carbocycles. The fraction of sp³-hybridized carbons (Fsp3) is 0.316. The maximum absolute atomic E-state index is 12.4. The van der Waals surface area contributed by atoms with Crippen LogP contribution in [-0.2, 0) is 21.2 Å². The van der Waals surface area contributed by atoms with Crippen molar-refractivity contribution in [2.24, 2.45) is 0 Å². The van der Waals surface area contributed by atoms with Crippen LogP contribution in [0.3, 0.4) is 0 Å². The zero-order valence-corrected chi connectivity index (χ0v) is 15.2. The van der Waals surface area contributed by atoms with Gasteiger partial charge in [-0.15, -0.1) is 0 Å². The average molecular weight is 374 g/mol. The Labute approximate surface area is 153 Å². The number of carbonyl (C=O) groups excluding carboxylic acids is 1. The molecule has 1 heterocycles. The number of carbonyl (C=O) groups is 1. The van der Waals surface area contributed by atoms with Gasteiger partial charge in [-0.25, -0.2) is 13.1 Å². The van der Waals surface area contributed by atoms with Crippen molar-refractivity contribution in [3.63, 3.8) is 0 Å². The Morgan fingerprint density at radius 3 is 2.46 bits per heavy atom. The molecule has 0 atom stereocenters. The largest absolute Gasteiger partial charge is 0.508 e. The molecule has 1 aliphatic heterocycles. The first-order valence-electron chi connectivity index (χ1n) is 8.64. The van der Waals surface area contributed by atoms with Crippen LogP contribution in [0.1, 0.15) is 24.8 Å². The molecule has 0 spiro atoms. The zero-order chi connectivity index (χ0) is 18.6. The van der Waals surface area contributed by atoms with Crippen LogP contribution < -0.4 is 9.62 Å². The summed E-state index contributed by atoms with van der Waals surface area (Å²) in [5.74, 6) is 0.231. The highest BCUT2D eigenvalue weighted by Crippen LogP contribution is 2.22. The third kappa shape index (κ3) is 4.23. The Kier molecular flexibility index (Phi) is 5.58. The standard InChI is InChI=1S/C19H22N2O4S/c22-18-6-2-1-5-15(18)12-13-20-26(24,25)17-10-8-16(9-11-17)21-14-4-3-7-19(21)23/h1-2,5-6,8-11,20,22H,3-4,7,12-14H2. The number of nitrogens with one attached hydrogen (secondary N) is 1. The summed E-state index contributed by atoms with van der Waals surface area (Å²) >= 11 is 0. The SMILES string of the molecule is O=C1CCCCN1c1ccc(S(=O)(=O)NCCc2ccccc2O)cc1. The maximum Gasteiger partial charge on any atom is 0.240 e. The van der Waals surface area contributed by atoms with Crippen molar-refractivity contribution in [2.75, 3.05) is 18.0 Å². The Balaban J connectivity index is 1.64. The van der Waals surface area contributed by atoms with E-state index >= 15 is 0 Å². The number of amides is 1. The van der Waals surface area contributed by atoms with E-state index in [2.05, 4.69) is 4.72 Å². The van der Waals surface area contributed by atoms with E-state index in [0.29, 0.717) is 24.9 Å². The van der Waals surface area contributed by atoms with Crippen molar-refractivity contribution in [3.05, 3.63) is 54.1 Å². The predicted molar refractivity (Wildman–Crippen MR) is 99.6 cm³/mol. The summed E-state index contributed by atoms with van der Waals surface area (Å²) in [5, 5.41) is 9.72. The van der Waals surface area contributed by atoms with E-state index < -0.39 is 10.0 Å². The first kappa shape index (κ1) is 18.4. The van der Waals surface area contributed by atoms with E-state index in [1.165, 1.54) is 12.1 Å². The molecule has 0 aromatic heterocycles. The molecule has 1 saturated heterocycles. The summed E-state index contributed by atoms with van der Waals surface area (Å²) < 4.78 is 27.3. The van der Waals surface area contributed by atoms with Crippen molar-refractivity contribution in [1.29, 1.82) is 0 Å². The Hall–Kier alpha value is -2.38.